The first-order valence-electron chi connectivity index (χ1n) is 11.2. The number of anilines is 1. The number of thioether (sulfide) groups is 1. The molecule has 2 aliphatic heterocycles. The van der Waals surface area contributed by atoms with Gasteiger partial charge in [0.05, 0.1) is 22.5 Å². The topological polar surface area (TPSA) is 90.5 Å². The molecule has 0 radical (unpaired) electrons. The van der Waals surface area contributed by atoms with Crippen molar-refractivity contribution in [1.29, 1.82) is 0 Å². The van der Waals surface area contributed by atoms with Gasteiger partial charge in [-0.15, -0.1) is 11.8 Å². The Bertz CT molecular complexity index is 1400. The number of fused-ring (bicyclic) bond motifs is 9. The van der Waals surface area contributed by atoms with E-state index in [1.807, 2.05) is 12.1 Å². The molecule has 2 N–H and O–H groups in total. The summed E-state index contributed by atoms with van der Waals surface area (Å²) in [6.45, 7) is 0. The second kappa shape index (κ2) is 7.05. The van der Waals surface area contributed by atoms with Crippen molar-refractivity contribution in [2.75, 3.05) is 4.90 Å². The number of carbonyl (C=O) groups excluding carboxylic acids is 2. The molecule has 3 heterocycles. The molecular formula is C25H19FN2O4S2. The fraction of sp³-hybridized carbons (Fsp3) is 0.320. The highest BCUT2D eigenvalue weighted by Crippen LogP contribution is 2.68. The summed E-state index contributed by atoms with van der Waals surface area (Å²) in [6, 6.07) is 12.6. The van der Waals surface area contributed by atoms with E-state index in [2.05, 4.69) is 4.98 Å². The zero-order valence-corrected chi connectivity index (χ0v) is 19.3. The minimum atomic E-state index is -0.414. The number of phenols is 1. The highest BCUT2D eigenvalue weighted by molar-refractivity contribution is 8.00. The summed E-state index contributed by atoms with van der Waals surface area (Å²) in [5.74, 6) is -1.36. The number of carbonyl (C=O) groups is 2. The Labute approximate surface area is 201 Å². The standard InChI is InChI=1S/C25H19FN2O4S2/c26-11-3-5-12(6-4-11)28-23(30)18-14-9-15(19(18)24(28)31)20-17(14)16(10-1-7-13(29)8-2-10)21-22(33-20)27-25(32)34-21/h1-8,14-20,29H,9H2,(H,27,32)/t14-,15+,16+,17+,18-,19-,20-/m0/s1. The Hall–Kier alpha value is -2.91. The number of nitrogens with zero attached hydrogens (tertiary/aromatic N) is 1. The van der Waals surface area contributed by atoms with E-state index < -0.39 is 11.7 Å². The maximum absolute atomic E-state index is 13.6. The average Bonchev–Trinajstić information content (AvgIpc) is 3.54. The molecule has 7 atom stereocenters. The molecule has 1 aromatic heterocycles. The number of hydrogen-bond donors (Lipinski definition) is 2. The van der Waals surface area contributed by atoms with Gasteiger partial charge < -0.3 is 10.1 Å². The van der Waals surface area contributed by atoms with Crippen molar-refractivity contribution in [3.63, 3.8) is 0 Å². The fourth-order valence-corrected chi connectivity index (χ4v) is 9.81. The first-order chi connectivity index (χ1) is 16.4. The van der Waals surface area contributed by atoms with Crippen LogP contribution in [0.2, 0.25) is 0 Å². The molecule has 7 rings (SSSR count). The van der Waals surface area contributed by atoms with Crippen LogP contribution in [-0.4, -0.2) is 27.2 Å². The zero-order valence-electron chi connectivity index (χ0n) is 17.7. The van der Waals surface area contributed by atoms with Crippen LogP contribution in [0.15, 0.2) is 58.4 Å². The SMILES string of the molecule is O=C1[C@H]2[C@H]3C[C@@H]([C@@H]4Sc5[nH]c(=O)sc5[C@H](c5ccc(O)cc5)[C@@H]34)[C@@H]2C(=O)N1c1ccc(F)cc1. The van der Waals surface area contributed by atoms with E-state index in [1.165, 1.54) is 40.5 Å². The van der Waals surface area contributed by atoms with Crippen molar-refractivity contribution in [2.24, 2.45) is 29.6 Å². The van der Waals surface area contributed by atoms with Crippen LogP contribution in [0.4, 0.5) is 10.1 Å². The molecule has 3 aromatic rings. The molecule has 4 aliphatic rings. The highest BCUT2D eigenvalue weighted by Gasteiger charge is 2.69. The number of nitrogens with one attached hydrogen (secondary N) is 1. The number of aromatic amines is 1. The third kappa shape index (κ3) is 2.65. The summed E-state index contributed by atoms with van der Waals surface area (Å²) < 4.78 is 13.5. The number of phenolic OH excluding ortho intramolecular Hbond substituents is 1. The van der Waals surface area contributed by atoms with E-state index in [-0.39, 0.29) is 57.3 Å². The Morgan fingerprint density at radius 2 is 1.62 bits per heavy atom. The van der Waals surface area contributed by atoms with Crippen molar-refractivity contribution in [1.82, 2.24) is 4.98 Å². The van der Waals surface area contributed by atoms with Gasteiger partial charge in [0.25, 0.3) is 0 Å². The van der Waals surface area contributed by atoms with Crippen molar-refractivity contribution < 1.29 is 19.1 Å². The van der Waals surface area contributed by atoms with Crippen LogP contribution < -0.4 is 9.77 Å². The molecule has 34 heavy (non-hydrogen) atoms. The second-order valence-corrected chi connectivity index (χ2v) is 11.7. The van der Waals surface area contributed by atoms with Crippen LogP contribution in [0, 0.1) is 35.4 Å². The third-order valence-corrected chi connectivity index (χ3v) is 10.6. The number of aromatic hydroxyl groups is 1. The Morgan fingerprint density at radius 3 is 2.32 bits per heavy atom. The lowest BCUT2D eigenvalue weighted by molar-refractivity contribution is -0.123. The predicted molar refractivity (Wildman–Crippen MR) is 125 cm³/mol. The summed E-state index contributed by atoms with van der Waals surface area (Å²) in [7, 11) is 0. The monoisotopic (exact) mass is 494 g/mol. The minimum absolute atomic E-state index is 0.0125. The quantitative estimate of drug-likeness (QED) is 0.527. The van der Waals surface area contributed by atoms with Gasteiger partial charge in [-0.1, -0.05) is 23.5 Å². The van der Waals surface area contributed by atoms with Crippen molar-refractivity contribution in [2.45, 2.75) is 22.6 Å². The van der Waals surface area contributed by atoms with Gasteiger partial charge in [-0.25, -0.2) is 4.39 Å². The normalized spacial score (nSPS) is 33.2. The Morgan fingerprint density at radius 1 is 0.941 bits per heavy atom. The van der Waals surface area contributed by atoms with E-state index in [0.29, 0.717) is 5.69 Å². The molecule has 1 saturated heterocycles. The molecule has 2 bridgehead atoms. The van der Waals surface area contributed by atoms with Crippen LogP contribution in [0.3, 0.4) is 0 Å². The lowest BCUT2D eigenvalue weighted by Gasteiger charge is -2.43. The van der Waals surface area contributed by atoms with E-state index in [4.69, 9.17) is 0 Å². The molecule has 2 amide bonds. The molecule has 0 spiro atoms. The van der Waals surface area contributed by atoms with Gasteiger partial charge in [0, 0.05) is 16.0 Å². The number of amides is 2. The van der Waals surface area contributed by atoms with Crippen LogP contribution >= 0.6 is 23.1 Å². The molecular weight excluding hydrogens is 475 g/mol. The average molecular weight is 495 g/mol. The maximum Gasteiger partial charge on any atom is 0.305 e. The van der Waals surface area contributed by atoms with Crippen molar-refractivity contribution >= 4 is 40.6 Å². The summed E-state index contributed by atoms with van der Waals surface area (Å²) in [5, 5.41) is 10.8. The molecule has 0 unspecified atom stereocenters. The van der Waals surface area contributed by atoms with Crippen LogP contribution in [-0.2, 0) is 9.59 Å². The van der Waals surface area contributed by atoms with Gasteiger partial charge in [-0.05, 0) is 66.1 Å². The number of thiazole rings is 1. The third-order valence-electron chi connectivity index (χ3n) is 8.06. The summed E-state index contributed by atoms with van der Waals surface area (Å²) in [6.07, 6.45) is 0.806. The van der Waals surface area contributed by atoms with Gasteiger partial charge in [-0.3, -0.25) is 19.3 Å². The number of aromatic nitrogens is 1. The fourth-order valence-electron chi connectivity index (χ4n) is 6.92. The predicted octanol–water partition coefficient (Wildman–Crippen LogP) is 3.96. The van der Waals surface area contributed by atoms with Gasteiger partial charge in [-0.2, -0.15) is 0 Å². The molecule has 9 heteroatoms. The number of benzene rings is 2. The highest BCUT2D eigenvalue weighted by atomic mass is 32.2. The molecule has 3 fully saturated rings. The lowest BCUT2D eigenvalue weighted by Crippen LogP contribution is -2.42. The first-order valence-corrected chi connectivity index (χ1v) is 12.9. The van der Waals surface area contributed by atoms with Crippen molar-refractivity contribution in [3.05, 3.63) is 74.5 Å². The molecule has 2 saturated carbocycles. The minimum Gasteiger partial charge on any atom is -0.508 e. The number of rotatable bonds is 2. The van der Waals surface area contributed by atoms with E-state index >= 15 is 0 Å². The van der Waals surface area contributed by atoms with Gasteiger partial charge in [0.15, 0.2) is 0 Å². The summed E-state index contributed by atoms with van der Waals surface area (Å²) in [4.78, 5) is 44.5. The Balaban J connectivity index is 1.32. The number of halogens is 1. The molecule has 172 valence electrons. The number of hydrogen-bond acceptors (Lipinski definition) is 6. The largest absolute Gasteiger partial charge is 0.508 e. The first kappa shape index (κ1) is 20.5. The molecule has 2 aliphatic carbocycles. The van der Waals surface area contributed by atoms with Gasteiger partial charge in [0.2, 0.25) is 11.8 Å². The number of H-pyrrole nitrogens is 1. The maximum atomic E-state index is 13.6. The smallest absolute Gasteiger partial charge is 0.305 e. The van der Waals surface area contributed by atoms with Crippen LogP contribution in [0.1, 0.15) is 22.8 Å². The molecule has 2 aromatic carbocycles. The summed E-state index contributed by atoms with van der Waals surface area (Å²) in [5.41, 5.74) is 1.42. The molecule has 6 nitrogen and oxygen atoms in total. The van der Waals surface area contributed by atoms with Gasteiger partial charge >= 0.3 is 4.87 Å². The second-order valence-electron chi connectivity index (χ2n) is 9.54. The summed E-state index contributed by atoms with van der Waals surface area (Å²) >= 11 is 2.84. The van der Waals surface area contributed by atoms with E-state index in [9.17, 15) is 23.9 Å². The lowest BCUT2D eigenvalue weighted by atomic mass is 9.68. The zero-order chi connectivity index (χ0) is 23.3. The van der Waals surface area contributed by atoms with Crippen molar-refractivity contribution in [3.8, 4) is 5.75 Å². The van der Waals surface area contributed by atoms with E-state index in [1.54, 1.807) is 23.9 Å². The number of imide groups is 1. The van der Waals surface area contributed by atoms with Crippen LogP contribution in [0.5, 0.6) is 5.75 Å². The van der Waals surface area contributed by atoms with E-state index in [0.717, 1.165) is 21.9 Å². The Kier molecular flexibility index (Phi) is 4.24. The van der Waals surface area contributed by atoms with Crippen LogP contribution in [0.25, 0.3) is 0 Å². The van der Waals surface area contributed by atoms with Gasteiger partial charge in [0.1, 0.15) is 11.6 Å².